The Morgan fingerprint density at radius 1 is 1.47 bits per heavy atom. The van der Waals surface area contributed by atoms with Crippen molar-refractivity contribution in [3.63, 3.8) is 0 Å². The van der Waals surface area contributed by atoms with Crippen LogP contribution in [0.3, 0.4) is 0 Å². The van der Waals surface area contributed by atoms with Gasteiger partial charge in [0.2, 0.25) is 5.95 Å². The number of fused-ring (bicyclic) bond motifs is 1. The third-order valence-corrected chi connectivity index (χ3v) is 3.75. The number of likely N-dealkylation sites (N-methyl/N-ethyl adjacent to an activating group) is 1. The molecule has 3 heterocycles. The highest BCUT2D eigenvalue weighted by Crippen LogP contribution is 2.14. The van der Waals surface area contributed by atoms with Crippen LogP contribution in [0.25, 0.3) is 11.0 Å². The molecule has 2 aromatic heterocycles. The molecule has 3 rings (SSSR count). The molecule has 0 amide bonds. The first kappa shape index (κ1) is 12.2. The minimum absolute atomic E-state index is 0.0401. The molecule has 1 atom stereocenters. The number of aromatic amines is 1. The molecule has 0 bridgehead atoms. The average molecular weight is 261 g/mol. The molecular weight excluding hydrogens is 242 g/mol. The van der Waals surface area contributed by atoms with Crippen molar-refractivity contribution >= 4 is 17.0 Å². The number of likely N-dealkylation sites (tertiary alicyclic amines) is 1. The van der Waals surface area contributed by atoms with Crippen LogP contribution >= 0.6 is 0 Å². The number of H-pyrrole nitrogens is 1. The number of nitrogens with zero attached hydrogens (tertiary/aromatic N) is 3. The van der Waals surface area contributed by atoms with E-state index >= 15 is 0 Å². The predicted molar refractivity (Wildman–Crippen MR) is 75.5 cm³/mol. The lowest BCUT2D eigenvalue weighted by Crippen LogP contribution is -2.41. The van der Waals surface area contributed by atoms with E-state index in [1.54, 1.807) is 17.8 Å². The maximum Gasteiger partial charge on any atom is 0.278 e. The second kappa shape index (κ2) is 4.70. The van der Waals surface area contributed by atoms with Crippen LogP contribution in [0, 0.1) is 0 Å². The number of hydrogen-bond donors (Lipinski definition) is 2. The van der Waals surface area contributed by atoms with Crippen LogP contribution in [0.15, 0.2) is 17.1 Å². The van der Waals surface area contributed by atoms with E-state index in [2.05, 4.69) is 27.2 Å². The molecule has 2 N–H and O–H groups in total. The van der Waals surface area contributed by atoms with Crippen molar-refractivity contribution in [2.45, 2.75) is 18.9 Å². The Labute approximate surface area is 111 Å². The molecule has 0 aliphatic carbocycles. The number of aromatic nitrogens is 3. The van der Waals surface area contributed by atoms with Gasteiger partial charge in [0, 0.05) is 25.8 Å². The molecule has 0 saturated carbocycles. The van der Waals surface area contributed by atoms with Gasteiger partial charge in [0.05, 0.1) is 5.52 Å². The monoisotopic (exact) mass is 261 g/mol. The highest BCUT2D eigenvalue weighted by atomic mass is 16.1. The summed E-state index contributed by atoms with van der Waals surface area (Å²) in [5.41, 5.74) is 1.24. The molecule has 102 valence electrons. The Morgan fingerprint density at radius 2 is 2.32 bits per heavy atom. The summed E-state index contributed by atoms with van der Waals surface area (Å²) in [7, 11) is 3.88. The van der Waals surface area contributed by atoms with Crippen molar-refractivity contribution in [2.24, 2.45) is 7.05 Å². The van der Waals surface area contributed by atoms with Gasteiger partial charge in [0.25, 0.3) is 5.56 Å². The predicted octanol–water partition coefficient (Wildman–Crippen LogP) is 0.768. The van der Waals surface area contributed by atoms with E-state index in [1.165, 1.54) is 6.42 Å². The zero-order valence-electron chi connectivity index (χ0n) is 11.3. The molecule has 0 radical (unpaired) electrons. The van der Waals surface area contributed by atoms with E-state index in [1.807, 2.05) is 6.07 Å². The molecule has 1 saturated heterocycles. The second-order valence-electron chi connectivity index (χ2n) is 5.28. The van der Waals surface area contributed by atoms with Crippen molar-refractivity contribution in [2.75, 3.05) is 25.5 Å². The molecule has 1 aliphatic heterocycles. The van der Waals surface area contributed by atoms with Crippen LogP contribution < -0.4 is 10.9 Å². The summed E-state index contributed by atoms with van der Waals surface area (Å²) in [4.78, 5) is 21.9. The van der Waals surface area contributed by atoms with E-state index in [-0.39, 0.29) is 5.56 Å². The van der Waals surface area contributed by atoms with Crippen LogP contribution in [0.2, 0.25) is 0 Å². The smallest absolute Gasteiger partial charge is 0.278 e. The quantitative estimate of drug-likeness (QED) is 0.838. The van der Waals surface area contributed by atoms with Crippen molar-refractivity contribution in [3.8, 4) is 0 Å². The lowest BCUT2D eigenvalue weighted by Gasteiger charge is -2.30. The molecule has 6 nitrogen and oxygen atoms in total. The Morgan fingerprint density at radius 3 is 3.11 bits per heavy atom. The molecular formula is C13H19N5O. The minimum Gasteiger partial charge on any atom is -0.355 e. The number of piperidine rings is 1. The fourth-order valence-corrected chi connectivity index (χ4v) is 2.67. The van der Waals surface area contributed by atoms with Gasteiger partial charge in [-0.05, 0) is 32.5 Å². The second-order valence-corrected chi connectivity index (χ2v) is 5.28. The van der Waals surface area contributed by atoms with Gasteiger partial charge in [0.1, 0.15) is 5.52 Å². The SMILES string of the molecule is CN1CCCC(Nc2nc3cc[nH]c3c(=O)n2C)C1. The summed E-state index contributed by atoms with van der Waals surface area (Å²) in [6.07, 6.45) is 4.04. The fourth-order valence-electron chi connectivity index (χ4n) is 2.67. The summed E-state index contributed by atoms with van der Waals surface area (Å²) in [6, 6.07) is 2.18. The lowest BCUT2D eigenvalue weighted by molar-refractivity contribution is 0.260. The summed E-state index contributed by atoms with van der Waals surface area (Å²) in [6.45, 7) is 2.13. The standard InChI is InChI=1S/C13H19N5O/c1-17-7-3-4-9(8-17)15-13-16-10-5-6-14-11(10)12(19)18(13)2/h5-6,9,14H,3-4,7-8H2,1-2H3,(H,15,16). The number of nitrogens with one attached hydrogen (secondary N) is 2. The van der Waals surface area contributed by atoms with Gasteiger partial charge in [-0.1, -0.05) is 0 Å². The maximum atomic E-state index is 12.2. The van der Waals surface area contributed by atoms with Crippen LogP contribution in [-0.4, -0.2) is 45.6 Å². The Balaban J connectivity index is 1.92. The molecule has 2 aromatic rings. The topological polar surface area (TPSA) is 66.0 Å². The molecule has 0 spiro atoms. The summed E-state index contributed by atoms with van der Waals surface area (Å²) in [5, 5.41) is 3.40. The third kappa shape index (κ3) is 2.23. The number of hydrogen-bond acceptors (Lipinski definition) is 4. The summed E-state index contributed by atoms with van der Waals surface area (Å²) >= 11 is 0. The van der Waals surface area contributed by atoms with Crippen molar-refractivity contribution in [3.05, 3.63) is 22.6 Å². The van der Waals surface area contributed by atoms with Gasteiger partial charge in [-0.2, -0.15) is 0 Å². The van der Waals surface area contributed by atoms with E-state index in [0.29, 0.717) is 17.5 Å². The van der Waals surface area contributed by atoms with E-state index < -0.39 is 0 Å². The van der Waals surface area contributed by atoms with Crippen molar-refractivity contribution in [1.29, 1.82) is 0 Å². The number of rotatable bonds is 2. The van der Waals surface area contributed by atoms with Gasteiger partial charge >= 0.3 is 0 Å². The van der Waals surface area contributed by atoms with E-state index in [4.69, 9.17) is 0 Å². The average Bonchev–Trinajstić information content (AvgIpc) is 2.84. The zero-order valence-corrected chi connectivity index (χ0v) is 11.3. The molecule has 0 aromatic carbocycles. The Kier molecular flexibility index (Phi) is 3.02. The summed E-state index contributed by atoms with van der Waals surface area (Å²) in [5.74, 6) is 0.650. The normalized spacial score (nSPS) is 20.8. The minimum atomic E-state index is -0.0401. The van der Waals surface area contributed by atoms with Gasteiger partial charge in [0.15, 0.2) is 0 Å². The third-order valence-electron chi connectivity index (χ3n) is 3.75. The number of anilines is 1. The van der Waals surface area contributed by atoms with Crippen molar-refractivity contribution in [1.82, 2.24) is 19.4 Å². The first-order valence-corrected chi connectivity index (χ1v) is 6.64. The van der Waals surface area contributed by atoms with Gasteiger partial charge < -0.3 is 15.2 Å². The van der Waals surface area contributed by atoms with Gasteiger partial charge in [-0.3, -0.25) is 9.36 Å². The van der Waals surface area contributed by atoms with E-state index in [0.717, 1.165) is 25.0 Å². The van der Waals surface area contributed by atoms with Gasteiger partial charge in [-0.15, -0.1) is 0 Å². The highest BCUT2D eigenvalue weighted by Gasteiger charge is 2.19. The Hall–Kier alpha value is -1.82. The van der Waals surface area contributed by atoms with Crippen molar-refractivity contribution < 1.29 is 0 Å². The maximum absolute atomic E-state index is 12.2. The lowest BCUT2D eigenvalue weighted by atomic mass is 10.1. The summed E-state index contributed by atoms with van der Waals surface area (Å²) < 4.78 is 1.58. The molecule has 1 fully saturated rings. The fraction of sp³-hybridized carbons (Fsp3) is 0.538. The van der Waals surface area contributed by atoms with Crippen LogP contribution in [-0.2, 0) is 7.05 Å². The van der Waals surface area contributed by atoms with E-state index in [9.17, 15) is 4.79 Å². The van der Waals surface area contributed by atoms with Crippen LogP contribution in [0.5, 0.6) is 0 Å². The molecule has 6 heteroatoms. The highest BCUT2D eigenvalue weighted by molar-refractivity contribution is 5.75. The molecule has 1 aliphatic rings. The zero-order chi connectivity index (χ0) is 13.4. The van der Waals surface area contributed by atoms with Crippen LogP contribution in [0.4, 0.5) is 5.95 Å². The molecule has 1 unspecified atom stereocenters. The van der Waals surface area contributed by atoms with Gasteiger partial charge in [-0.25, -0.2) is 4.98 Å². The van der Waals surface area contributed by atoms with Crippen LogP contribution in [0.1, 0.15) is 12.8 Å². The molecule has 19 heavy (non-hydrogen) atoms. The Bertz CT molecular complexity index is 644. The largest absolute Gasteiger partial charge is 0.355 e. The first-order chi connectivity index (χ1) is 9.15. The first-order valence-electron chi connectivity index (χ1n) is 6.64.